The summed E-state index contributed by atoms with van der Waals surface area (Å²) in [5.41, 5.74) is 0.438. The minimum absolute atomic E-state index is 0.158. The molecule has 0 aliphatic rings. The highest BCUT2D eigenvalue weighted by Crippen LogP contribution is 2.14. The molecular weight excluding hydrogens is 262 g/mol. The Bertz CT molecular complexity index is 735. The molecule has 0 saturated carbocycles. The minimum Gasteiger partial charge on any atom is -0.469 e. The number of nitrogens with one attached hydrogen (secondary N) is 1. The number of fused-ring (bicyclic) bond motifs is 1. The second-order valence-electron chi connectivity index (χ2n) is 4.12. The molecule has 0 aliphatic carbocycles. The lowest BCUT2D eigenvalue weighted by atomic mass is 10.3. The molecule has 0 aromatic carbocycles. The molecule has 0 unspecified atom stereocenters. The molecule has 8 heteroatoms. The van der Waals surface area contributed by atoms with Gasteiger partial charge in [-0.05, 0) is 23.1 Å². The van der Waals surface area contributed by atoms with Crippen molar-refractivity contribution in [3.63, 3.8) is 0 Å². The molecule has 0 fully saturated rings. The molecule has 3 aromatic rings. The Morgan fingerprint density at radius 2 is 2.30 bits per heavy atom. The second kappa shape index (κ2) is 5.00. The Hall–Kier alpha value is -2.90. The number of rotatable bonds is 5. The third-order valence-electron chi connectivity index (χ3n) is 2.79. The zero-order chi connectivity index (χ0) is 13.9. The Morgan fingerprint density at radius 3 is 3.05 bits per heavy atom. The maximum absolute atomic E-state index is 10.8. The van der Waals surface area contributed by atoms with E-state index in [1.807, 2.05) is 12.1 Å². The van der Waals surface area contributed by atoms with Gasteiger partial charge in [0.1, 0.15) is 12.0 Å². The topological polar surface area (TPSA) is 98.5 Å². The average molecular weight is 273 g/mol. The van der Waals surface area contributed by atoms with Crippen LogP contribution in [0.25, 0.3) is 5.65 Å². The summed E-state index contributed by atoms with van der Waals surface area (Å²) in [6.45, 7) is 0.620. The number of imidazole rings is 1. The molecule has 1 N–H and O–H groups in total. The number of furan rings is 1. The summed E-state index contributed by atoms with van der Waals surface area (Å²) in [5, 5.41) is 18.1. The molecule has 0 spiro atoms. The number of hydrogen-bond acceptors (Lipinski definition) is 6. The van der Waals surface area contributed by atoms with Crippen LogP contribution in [0.4, 0.5) is 11.6 Å². The summed E-state index contributed by atoms with van der Waals surface area (Å²) in [7, 11) is 0. The predicted octanol–water partition coefficient (Wildman–Crippen LogP) is 1.89. The maximum atomic E-state index is 10.8. The van der Waals surface area contributed by atoms with Crippen LogP contribution >= 0.6 is 0 Å². The van der Waals surface area contributed by atoms with Crippen LogP contribution in [0.1, 0.15) is 5.76 Å². The lowest BCUT2D eigenvalue weighted by molar-refractivity contribution is -0.391. The van der Waals surface area contributed by atoms with E-state index in [1.165, 1.54) is 10.7 Å². The molecular formula is C12H11N5O3. The van der Waals surface area contributed by atoms with Gasteiger partial charge in [-0.3, -0.25) is 0 Å². The first-order valence-electron chi connectivity index (χ1n) is 5.99. The van der Waals surface area contributed by atoms with Gasteiger partial charge in [0, 0.05) is 19.0 Å². The fourth-order valence-electron chi connectivity index (χ4n) is 1.85. The summed E-state index contributed by atoms with van der Waals surface area (Å²) >= 11 is 0. The van der Waals surface area contributed by atoms with Gasteiger partial charge in [0.25, 0.3) is 0 Å². The van der Waals surface area contributed by atoms with Gasteiger partial charge in [-0.2, -0.15) is 0 Å². The molecule has 20 heavy (non-hydrogen) atoms. The van der Waals surface area contributed by atoms with Crippen LogP contribution < -0.4 is 5.32 Å². The van der Waals surface area contributed by atoms with Gasteiger partial charge in [0.05, 0.1) is 6.26 Å². The van der Waals surface area contributed by atoms with E-state index in [0.29, 0.717) is 24.4 Å². The van der Waals surface area contributed by atoms with Crippen LogP contribution in [0.15, 0.2) is 41.1 Å². The number of aromatic nitrogens is 3. The van der Waals surface area contributed by atoms with Crippen molar-refractivity contribution in [2.24, 2.45) is 0 Å². The van der Waals surface area contributed by atoms with Crippen LogP contribution in [0.5, 0.6) is 0 Å². The van der Waals surface area contributed by atoms with E-state index >= 15 is 0 Å². The van der Waals surface area contributed by atoms with Crippen molar-refractivity contribution in [1.82, 2.24) is 14.6 Å². The van der Waals surface area contributed by atoms with Crippen LogP contribution in [0.3, 0.4) is 0 Å². The normalized spacial score (nSPS) is 10.8. The predicted molar refractivity (Wildman–Crippen MR) is 70.5 cm³/mol. The molecule has 0 radical (unpaired) electrons. The van der Waals surface area contributed by atoms with E-state index < -0.39 is 4.92 Å². The van der Waals surface area contributed by atoms with Crippen molar-refractivity contribution in [3.05, 3.63) is 52.6 Å². The zero-order valence-electron chi connectivity index (χ0n) is 10.4. The molecule has 0 aliphatic heterocycles. The van der Waals surface area contributed by atoms with Crippen molar-refractivity contribution in [1.29, 1.82) is 0 Å². The molecule has 3 aromatic heterocycles. The van der Waals surface area contributed by atoms with Crippen molar-refractivity contribution in [3.8, 4) is 0 Å². The van der Waals surface area contributed by atoms with Crippen LogP contribution in [0.2, 0.25) is 0 Å². The number of nitrogens with zero attached hydrogens (tertiary/aromatic N) is 4. The Labute approximate surface area is 113 Å². The lowest BCUT2D eigenvalue weighted by Crippen LogP contribution is -2.08. The average Bonchev–Trinajstić information content (AvgIpc) is 3.06. The van der Waals surface area contributed by atoms with Gasteiger partial charge in [-0.15, -0.1) is 0 Å². The van der Waals surface area contributed by atoms with Gasteiger partial charge in [0.2, 0.25) is 5.65 Å². The molecule has 0 bridgehead atoms. The zero-order valence-corrected chi connectivity index (χ0v) is 10.4. The molecule has 0 saturated heterocycles. The third-order valence-corrected chi connectivity index (χ3v) is 2.79. The van der Waals surface area contributed by atoms with Crippen LogP contribution in [0, 0.1) is 10.1 Å². The first kappa shape index (κ1) is 12.2. The SMILES string of the molecule is O=[N+]([O-])c1cnc2ccc(NCCc3ccco3)nn12. The minimum atomic E-state index is -0.514. The second-order valence-corrected chi connectivity index (χ2v) is 4.12. The van der Waals surface area contributed by atoms with E-state index in [1.54, 1.807) is 18.4 Å². The maximum Gasteiger partial charge on any atom is 0.368 e. The summed E-state index contributed by atoms with van der Waals surface area (Å²) in [4.78, 5) is 14.2. The fourth-order valence-corrected chi connectivity index (χ4v) is 1.85. The third kappa shape index (κ3) is 2.30. The van der Waals surface area contributed by atoms with Gasteiger partial charge in [-0.1, -0.05) is 9.61 Å². The summed E-state index contributed by atoms with van der Waals surface area (Å²) in [5.74, 6) is 1.26. The molecule has 8 nitrogen and oxygen atoms in total. The van der Waals surface area contributed by atoms with Crippen molar-refractivity contribution < 1.29 is 9.34 Å². The van der Waals surface area contributed by atoms with E-state index in [2.05, 4.69) is 15.4 Å². The molecule has 0 amide bonds. The molecule has 102 valence electrons. The van der Waals surface area contributed by atoms with E-state index in [4.69, 9.17) is 4.42 Å². The Balaban J connectivity index is 1.75. The first-order valence-corrected chi connectivity index (χ1v) is 5.99. The van der Waals surface area contributed by atoms with Gasteiger partial charge in [0.15, 0.2) is 5.82 Å². The Morgan fingerprint density at radius 1 is 1.40 bits per heavy atom. The lowest BCUT2D eigenvalue weighted by Gasteiger charge is -2.02. The highest BCUT2D eigenvalue weighted by molar-refractivity contribution is 5.48. The fraction of sp³-hybridized carbons (Fsp3) is 0.167. The van der Waals surface area contributed by atoms with Crippen molar-refractivity contribution >= 4 is 17.3 Å². The van der Waals surface area contributed by atoms with Gasteiger partial charge < -0.3 is 19.8 Å². The smallest absolute Gasteiger partial charge is 0.368 e. The highest BCUT2D eigenvalue weighted by Gasteiger charge is 2.15. The number of anilines is 1. The van der Waals surface area contributed by atoms with Crippen LogP contribution in [-0.2, 0) is 6.42 Å². The summed E-state index contributed by atoms with van der Waals surface area (Å²) in [6.07, 6.45) is 3.52. The first-order chi connectivity index (χ1) is 9.74. The van der Waals surface area contributed by atoms with Crippen LogP contribution in [-0.4, -0.2) is 26.1 Å². The van der Waals surface area contributed by atoms with E-state index in [-0.39, 0.29) is 5.82 Å². The Kier molecular flexibility index (Phi) is 3.04. The quantitative estimate of drug-likeness (QED) is 0.563. The monoisotopic (exact) mass is 273 g/mol. The molecule has 3 rings (SSSR count). The summed E-state index contributed by atoms with van der Waals surface area (Å²) in [6, 6.07) is 7.12. The van der Waals surface area contributed by atoms with Crippen molar-refractivity contribution in [2.75, 3.05) is 11.9 Å². The summed E-state index contributed by atoms with van der Waals surface area (Å²) < 4.78 is 6.42. The van der Waals surface area contributed by atoms with Gasteiger partial charge in [-0.25, -0.2) is 4.98 Å². The van der Waals surface area contributed by atoms with E-state index in [0.717, 1.165) is 5.76 Å². The van der Waals surface area contributed by atoms with Gasteiger partial charge >= 0.3 is 5.82 Å². The largest absolute Gasteiger partial charge is 0.469 e. The number of nitro groups is 1. The standard InChI is InChI=1S/C12H11N5O3/c18-17(19)12-8-14-11-4-3-10(15-16(11)12)13-6-5-9-2-1-7-20-9/h1-4,7-8H,5-6H2,(H,13,15). The van der Waals surface area contributed by atoms with E-state index in [9.17, 15) is 10.1 Å². The number of hydrogen-bond donors (Lipinski definition) is 1. The molecule has 0 atom stereocenters. The molecule has 3 heterocycles. The van der Waals surface area contributed by atoms with Crippen molar-refractivity contribution in [2.45, 2.75) is 6.42 Å². The highest BCUT2D eigenvalue weighted by atomic mass is 16.6.